The molecule has 0 aliphatic carbocycles. The highest BCUT2D eigenvalue weighted by molar-refractivity contribution is 7.85. The van der Waals surface area contributed by atoms with Crippen molar-refractivity contribution in [2.75, 3.05) is 40.6 Å². The zero-order valence-corrected chi connectivity index (χ0v) is 16.4. The molecular formula is C20H20O7S. The molecule has 2 atom stereocenters. The van der Waals surface area contributed by atoms with Gasteiger partial charge < -0.3 is 28.4 Å². The van der Waals surface area contributed by atoms with Gasteiger partial charge in [-0.1, -0.05) is 0 Å². The van der Waals surface area contributed by atoms with Crippen molar-refractivity contribution in [2.45, 2.75) is 22.0 Å². The molecule has 3 heterocycles. The Labute approximate surface area is 164 Å². The maximum atomic E-state index is 13.1. The van der Waals surface area contributed by atoms with Gasteiger partial charge in [0.1, 0.15) is 25.4 Å². The highest BCUT2D eigenvalue weighted by Gasteiger charge is 2.32. The molecular weight excluding hydrogens is 384 g/mol. The zero-order valence-electron chi connectivity index (χ0n) is 15.6. The van der Waals surface area contributed by atoms with Crippen LogP contribution in [0.2, 0.25) is 0 Å². The van der Waals surface area contributed by atoms with Crippen LogP contribution >= 0.6 is 0 Å². The quantitative estimate of drug-likeness (QED) is 0.534. The topological polar surface area (TPSA) is 79.1 Å². The molecule has 2 aromatic rings. The van der Waals surface area contributed by atoms with E-state index >= 15 is 0 Å². The Morgan fingerprint density at radius 1 is 0.821 bits per heavy atom. The molecule has 0 N–H and O–H groups in total. The van der Waals surface area contributed by atoms with E-state index in [1.807, 2.05) is 12.1 Å². The first-order valence-corrected chi connectivity index (χ1v) is 10.2. The average Bonchev–Trinajstić information content (AvgIpc) is 3.63. The van der Waals surface area contributed by atoms with Crippen LogP contribution in [-0.4, -0.2) is 57.1 Å². The van der Waals surface area contributed by atoms with E-state index in [9.17, 15) is 4.21 Å². The Hall–Kier alpha value is -2.29. The fourth-order valence-corrected chi connectivity index (χ4v) is 4.57. The predicted octanol–water partition coefficient (Wildman–Crippen LogP) is 2.41. The molecule has 0 bridgehead atoms. The number of ether oxygens (including phenoxy) is 6. The summed E-state index contributed by atoms with van der Waals surface area (Å²) < 4.78 is 46.1. The Kier molecular flexibility index (Phi) is 4.41. The minimum absolute atomic E-state index is 0.133. The van der Waals surface area contributed by atoms with Gasteiger partial charge in [0.25, 0.3) is 0 Å². The van der Waals surface area contributed by atoms with E-state index in [-0.39, 0.29) is 12.2 Å². The number of methoxy groups -OCH3 is 2. The third-order valence-electron chi connectivity index (χ3n) is 4.88. The Bertz CT molecular complexity index is 875. The highest BCUT2D eigenvalue weighted by atomic mass is 32.2. The SMILES string of the molecule is COc1cc2c(cc1OCC1CO1)-c1cc(OCC3CO3)c(OC)cc1S2=O. The van der Waals surface area contributed by atoms with Crippen LogP contribution in [0.4, 0.5) is 0 Å². The van der Waals surface area contributed by atoms with Crippen molar-refractivity contribution in [1.82, 2.24) is 0 Å². The van der Waals surface area contributed by atoms with Gasteiger partial charge in [-0.3, -0.25) is 0 Å². The molecule has 5 rings (SSSR count). The third-order valence-corrected chi connectivity index (χ3v) is 6.35. The van der Waals surface area contributed by atoms with Gasteiger partial charge in [-0.15, -0.1) is 0 Å². The molecule has 28 heavy (non-hydrogen) atoms. The largest absolute Gasteiger partial charge is 0.493 e. The second-order valence-electron chi connectivity index (χ2n) is 6.80. The van der Waals surface area contributed by atoms with E-state index < -0.39 is 10.8 Å². The second-order valence-corrected chi connectivity index (χ2v) is 8.22. The number of epoxide rings is 2. The van der Waals surface area contributed by atoms with Gasteiger partial charge in [-0.25, -0.2) is 4.21 Å². The summed E-state index contributed by atoms with van der Waals surface area (Å²) in [5.41, 5.74) is 1.69. The summed E-state index contributed by atoms with van der Waals surface area (Å²) in [4.78, 5) is 1.37. The van der Waals surface area contributed by atoms with Gasteiger partial charge >= 0.3 is 0 Å². The lowest BCUT2D eigenvalue weighted by atomic mass is 10.0. The molecule has 2 fully saturated rings. The van der Waals surface area contributed by atoms with Gasteiger partial charge in [0.2, 0.25) is 0 Å². The maximum absolute atomic E-state index is 13.1. The van der Waals surface area contributed by atoms with Crippen LogP contribution in [0.3, 0.4) is 0 Å². The first kappa shape index (κ1) is 17.8. The highest BCUT2D eigenvalue weighted by Crippen LogP contribution is 2.49. The van der Waals surface area contributed by atoms with Crippen LogP contribution in [0, 0.1) is 0 Å². The third kappa shape index (κ3) is 3.21. The van der Waals surface area contributed by atoms with Crippen LogP contribution in [0.5, 0.6) is 23.0 Å². The molecule has 3 aliphatic heterocycles. The van der Waals surface area contributed by atoms with Gasteiger partial charge in [0.15, 0.2) is 23.0 Å². The van der Waals surface area contributed by atoms with Crippen molar-refractivity contribution in [3.8, 4) is 34.1 Å². The van der Waals surface area contributed by atoms with Gasteiger partial charge in [-0.2, -0.15) is 0 Å². The summed E-state index contributed by atoms with van der Waals surface area (Å²) in [7, 11) is 1.81. The second kappa shape index (κ2) is 6.95. The van der Waals surface area contributed by atoms with Crippen LogP contribution in [0.25, 0.3) is 11.1 Å². The lowest BCUT2D eigenvalue weighted by Crippen LogP contribution is -2.05. The van der Waals surface area contributed by atoms with E-state index in [1.165, 1.54) is 0 Å². The summed E-state index contributed by atoms with van der Waals surface area (Å²) in [5.74, 6) is 2.31. The monoisotopic (exact) mass is 404 g/mol. The Balaban J connectivity index is 1.54. The number of hydrogen-bond donors (Lipinski definition) is 0. The first-order chi connectivity index (χ1) is 13.7. The molecule has 2 saturated heterocycles. The molecule has 148 valence electrons. The predicted molar refractivity (Wildman–Crippen MR) is 100 cm³/mol. The van der Waals surface area contributed by atoms with Gasteiger partial charge in [0, 0.05) is 23.3 Å². The number of hydrogen-bond acceptors (Lipinski definition) is 7. The van der Waals surface area contributed by atoms with Crippen LogP contribution < -0.4 is 18.9 Å². The molecule has 0 aromatic heterocycles. The molecule has 7 nitrogen and oxygen atoms in total. The average molecular weight is 404 g/mol. The van der Waals surface area contributed by atoms with Crippen LogP contribution in [0.1, 0.15) is 0 Å². The van der Waals surface area contributed by atoms with Crippen molar-refractivity contribution in [1.29, 1.82) is 0 Å². The summed E-state index contributed by atoms with van der Waals surface area (Å²) >= 11 is 0. The minimum Gasteiger partial charge on any atom is -0.493 e. The minimum atomic E-state index is -1.33. The molecule has 8 heteroatoms. The van der Waals surface area contributed by atoms with E-state index in [0.717, 1.165) is 11.1 Å². The summed E-state index contributed by atoms with van der Waals surface area (Å²) in [5, 5.41) is 0. The number of fused-ring (bicyclic) bond motifs is 3. The lowest BCUT2D eigenvalue weighted by Gasteiger charge is -2.13. The fraction of sp³-hybridized carbons (Fsp3) is 0.400. The lowest BCUT2D eigenvalue weighted by molar-refractivity contribution is 0.251. The van der Waals surface area contributed by atoms with Gasteiger partial charge in [-0.05, 0) is 12.1 Å². The van der Waals surface area contributed by atoms with Crippen molar-refractivity contribution >= 4 is 10.8 Å². The van der Waals surface area contributed by atoms with Gasteiger partial charge in [0.05, 0.1) is 48.0 Å². The van der Waals surface area contributed by atoms with E-state index in [4.69, 9.17) is 28.4 Å². The van der Waals surface area contributed by atoms with E-state index in [2.05, 4.69) is 0 Å². The normalized spacial score (nSPS) is 23.6. The smallest absolute Gasteiger partial charge is 0.161 e. The van der Waals surface area contributed by atoms with Crippen LogP contribution in [-0.2, 0) is 20.3 Å². The Morgan fingerprint density at radius 2 is 1.25 bits per heavy atom. The number of benzene rings is 2. The molecule has 2 aromatic carbocycles. The molecule has 2 unspecified atom stereocenters. The molecule has 0 spiro atoms. The van der Waals surface area contributed by atoms with E-state index in [1.54, 1.807) is 26.4 Å². The van der Waals surface area contributed by atoms with Crippen molar-refractivity contribution in [3.63, 3.8) is 0 Å². The number of rotatable bonds is 8. The fourth-order valence-electron chi connectivity index (χ4n) is 3.17. The van der Waals surface area contributed by atoms with E-state index in [0.29, 0.717) is 59.2 Å². The Morgan fingerprint density at radius 3 is 1.61 bits per heavy atom. The molecule has 0 radical (unpaired) electrons. The molecule has 0 amide bonds. The molecule has 3 aliphatic rings. The first-order valence-electron chi connectivity index (χ1n) is 9.03. The maximum Gasteiger partial charge on any atom is 0.161 e. The zero-order chi connectivity index (χ0) is 19.3. The van der Waals surface area contributed by atoms with Crippen molar-refractivity contribution in [3.05, 3.63) is 24.3 Å². The summed E-state index contributed by atoms with van der Waals surface area (Å²) in [6.45, 7) is 2.35. The molecule has 0 saturated carbocycles. The standard InChI is InChI=1S/C20H20O7S/c1-22-15-5-19-13(3-17(15)26-9-11-7-24-11)14-4-18(27-10-12-8-25-12)16(23-2)6-20(14)28(19)21/h3-6,11-12H,7-10H2,1-2H3. The van der Waals surface area contributed by atoms with Crippen molar-refractivity contribution in [2.24, 2.45) is 0 Å². The summed E-state index contributed by atoms with van der Waals surface area (Å²) in [6.07, 6.45) is 0.265. The summed E-state index contributed by atoms with van der Waals surface area (Å²) in [6, 6.07) is 7.31. The van der Waals surface area contributed by atoms with Crippen LogP contribution in [0.15, 0.2) is 34.1 Å². The van der Waals surface area contributed by atoms with Crippen molar-refractivity contribution < 1.29 is 32.6 Å².